The number of likely N-dealkylation sites (N-methyl/N-ethyl adjacent to an activating group) is 1. The highest BCUT2D eigenvalue weighted by atomic mass is 35.5. The summed E-state index contributed by atoms with van der Waals surface area (Å²) in [5, 5.41) is 1.12. The van der Waals surface area contributed by atoms with Crippen LogP contribution in [-0.4, -0.2) is 55.5 Å². The second-order valence-electron chi connectivity index (χ2n) is 4.47. The third-order valence-electron chi connectivity index (χ3n) is 2.90. The van der Waals surface area contributed by atoms with Crippen molar-refractivity contribution in [3.8, 4) is 5.75 Å². The van der Waals surface area contributed by atoms with Gasteiger partial charge in [0.2, 0.25) is 0 Å². The number of hydrogen-bond acceptors (Lipinski definition) is 3. The molecule has 8 heteroatoms. The van der Waals surface area contributed by atoms with Crippen LogP contribution in [0.3, 0.4) is 0 Å². The predicted molar refractivity (Wildman–Crippen MR) is 85.1 cm³/mol. The fourth-order valence-electron chi connectivity index (χ4n) is 1.79. The van der Waals surface area contributed by atoms with E-state index in [0.717, 1.165) is 0 Å². The Morgan fingerprint density at radius 3 is 2.62 bits per heavy atom. The van der Waals surface area contributed by atoms with Crippen molar-refractivity contribution in [3.05, 3.63) is 27.2 Å². The van der Waals surface area contributed by atoms with Crippen molar-refractivity contribution in [2.24, 2.45) is 4.99 Å². The van der Waals surface area contributed by atoms with Crippen molar-refractivity contribution in [2.75, 3.05) is 33.3 Å². The summed E-state index contributed by atoms with van der Waals surface area (Å²) in [4.78, 5) is 19.1. The smallest absolute Gasteiger partial charge is 0.325 e. The number of hydrogen-bond donors (Lipinski definition) is 0. The summed E-state index contributed by atoms with van der Waals surface area (Å²) in [7, 11) is 1.70. The lowest BCUT2D eigenvalue weighted by atomic mass is 10.3. The molecule has 21 heavy (non-hydrogen) atoms. The van der Waals surface area contributed by atoms with Crippen LogP contribution in [0.1, 0.15) is 0 Å². The molecule has 2 rings (SSSR count). The first-order valence-corrected chi connectivity index (χ1v) is 7.41. The molecule has 0 saturated heterocycles. The molecule has 0 unspecified atom stereocenters. The average Bonchev–Trinajstić information content (AvgIpc) is 2.94. The summed E-state index contributed by atoms with van der Waals surface area (Å²) in [6.45, 7) is 1.93. The largest absolute Gasteiger partial charge is 0.489 e. The SMILES string of the molecule is CN(CCOc1c(Cl)cc(Cl)cc1Cl)C(=O)N1C=NCC1. The van der Waals surface area contributed by atoms with Crippen LogP contribution in [0.2, 0.25) is 15.1 Å². The molecular weight excluding hydrogens is 337 g/mol. The van der Waals surface area contributed by atoms with Crippen LogP contribution in [0.25, 0.3) is 0 Å². The summed E-state index contributed by atoms with van der Waals surface area (Å²) >= 11 is 17.9. The highest BCUT2D eigenvalue weighted by Gasteiger charge is 2.18. The Labute approximate surface area is 138 Å². The number of ether oxygens (including phenoxy) is 1. The van der Waals surface area contributed by atoms with Crippen LogP contribution in [-0.2, 0) is 0 Å². The van der Waals surface area contributed by atoms with E-state index < -0.39 is 0 Å². The standard InChI is InChI=1S/C13H14Cl3N3O2/c1-18(13(20)19-3-2-17-8-19)4-5-21-12-10(15)6-9(14)7-11(12)16/h6-8H,2-5H2,1H3. The highest BCUT2D eigenvalue weighted by molar-refractivity contribution is 6.40. The fraction of sp³-hybridized carbons (Fsp3) is 0.385. The fourth-order valence-corrected chi connectivity index (χ4v) is 2.72. The van der Waals surface area contributed by atoms with Gasteiger partial charge in [-0.15, -0.1) is 0 Å². The van der Waals surface area contributed by atoms with Crippen molar-refractivity contribution in [1.82, 2.24) is 9.80 Å². The third kappa shape index (κ3) is 4.15. The van der Waals surface area contributed by atoms with E-state index in [2.05, 4.69) is 4.99 Å². The van der Waals surface area contributed by atoms with Gasteiger partial charge < -0.3 is 9.64 Å². The molecule has 0 spiro atoms. The van der Waals surface area contributed by atoms with Gasteiger partial charge in [-0.2, -0.15) is 0 Å². The molecule has 5 nitrogen and oxygen atoms in total. The van der Waals surface area contributed by atoms with E-state index >= 15 is 0 Å². The van der Waals surface area contributed by atoms with Crippen LogP contribution in [0.4, 0.5) is 4.79 Å². The van der Waals surface area contributed by atoms with E-state index in [1.807, 2.05) is 0 Å². The minimum absolute atomic E-state index is 0.117. The highest BCUT2D eigenvalue weighted by Crippen LogP contribution is 2.35. The molecule has 1 heterocycles. The molecule has 1 aromatic carbocycles. The second kappa shape index (κ2) is 7.20. The number of carbonyl (C=O) groups excluding carboxylic acids is 1. The zero-order valence-corrected chi connectivity index (χ0v) is 13.6. The molecule has 0 aliphatic carbocycles. The summed E-state index contributed by atoms with van der Waals surface area (Å²) < 4.78 is 5.54. The summed E-state index contributed by atoms with van der Waals surface area (Å²) in [5.74, 6) is 0.367. The van der Waals surface area contributed by atoms with Crippen LogP contribution < -0.4 is 4.74 Å². The molecular formula is C13H14Cl3N3O2. The normalized spacial score (nSPS) is 13.6. The molecule has 0 atom stereocenters. The molecule has 0 aromatic heterocycles. The van der Waals surface area contributed by atoms with Crippen molar-refractivity contribution in [3.63, 3.8) is 0 Å². The number of halogens is 3. The van der Waals surface area contributed by atoms with Gasteiger partial charge in [0, 0.05) is 18.6 Å². The number of rotatable bonds is 4. The van der Waals surface area contributed by atoms with Crippen molar-refractivity contribution >= 4 is 47.2 Å². The van der Waals surface area contributed by atoms with E-state index in [1.54, 1.807) is 35.3 Å². The van der Waals surface area contributed by atoms with E-state index in [0.29, 0.717) is 40.5 Å². The van der Waals surface area contributed by atoms with Crippen LogP contribution in [0.5, 0.6) is 5.75 Å². The Hall–Kier alpha value is -1.17. The van der Waals surface area contributed by atoms with Gasteiger partial charge in [-0.3, -0.25) is 9.89 Å². The van der Waals surface area contributed by atoms with Gasteiger partial charge in [0.15, 0.2) is 5.75 Å². The first-order valence-electron chi connectivity index (χ1n) is 6.28. The lowest BCUT2D eigenvalue weighted by Gasteiger charge is -2.22. The van der Waals surface area contributed by atoms with Gasteiger partial charge in [0.25, 0.3) is 0 Å². The maximum Gasteiger partial charge on any atom is 0.325 e. The Morgan fingerprint density at radius 2 is 2.05 bits per heavy atom. The van der Waals surface area contributed by atoms with Crippen LogP contribution >= 0.6 is 34.8 Å². The molecule has 1 aliphatic rings. The molecule has 0 radical (unpaired) electrons. The maximum atomic E-state index is 12.0. The number of urea groups is 1. The Balaban J connectivity index is 1.86. The number of benzene rings is 1. The topological polar surface area (TPSA) is 45.1 Å². The second-order valence-corrected chi connectivity index (χ2v) is 5.72. The van der Waals surface area contributed by atoms with Crippen LogP contribution in [0, 0.1) is 0 Å². The molecule has 0 N–H and O–H groups in total. The predicted octanol–water partition coefficient (Wildman–Crippen LogP) is 3.42. The molecule has 1 aliphatic heterocycles. The van der Waals surface area contributed by atoms with E-state index in [1.165, 1.54) is 0 Å². The minimum atomic E-state index is -0.117. The Morgan fingerprint density at radius 1 is 1.38 bits per heavy atom. The van der Waals surface area contributed by atoms with E-state index in [-0.39, 0.29) is 12.6 Å². The molecule has 2 amide bonds. The van der Waals surface area contributed by atoms with E-state index in [9.17, 15) is 4.79 Å². The summed E-state index contributed by atoms with van der Waals surface area (Å²) in [6.07, 6.45) is 1.55. The zero-order chi connectivity index (χ0) is 15.4. The minimum Gasteiger partial charge on any atom is -0.489 e. The first-order chi connectivity index (χ1) is 9.99. The number of amides is 2. The van der Waals surface area contributed by atoms with E-state index in [4.69, 9.17) is 39.5 Å². The Bertz CT molecular complexity index is 543. The van der Waals surface area contributed by atoms with Gasteiger partial charge in [0.1, 0.15) is 6.61 Å². The van der Waals surface area contributed by atoms with Gasteiger partial charge in [-0.25, -0.2) is 4.79 Å². The average molecular weight is 351 g/mol. The zero-order valence-electron chi connectivity index (χ0n) is 11.4. The van der Waals surface area contributed by atoms with Crippen molar-refractivity contribution in [2.45, 2.75) is 0 Å². The Kier molecular flexibility index (Phi) is 5.56. The molecule has 0 bridgehead atoms. The summed E-state index contributed by atoms with van der Waals surface area (Å²) in [5.41, 5.74) is 0. The monoisotopic (exact) mass is 349 g/mol. The first kappa shape index (κ1) is 16.2. The quantitative estimate of drug-likeness (QED) is 0.835. The molecule has 114 valence electrons. The van der Waals surface area contributed by atoms with Gasteiger partial charge in [-0.05, 0) is 12.1 Å². The molecule has 0 saturated carbocycles. The molecule has 1 aromatic rings. The lowest BCUT2D eigenvalue weighted by Crippen LogP contribution is -2.41. The third-order valence-corrected chi connectivity index (χ3v) is 3.68. The number of aliphatic imine (C=N–C) groups is 1. The van der Waals surface area contributed by atoms with Crippen LogP contribution in [0.15, 0.2) is 17.1 Å². The van der Waals surface area contributed by atoms with Gasteiger partial charge in [-0.1, -0.05) is 34.8 Å². The van der Waals surface area contributed by atoms with Crippen molar-refractivity contribution < 1.29 is 9.53 Å². The molecule has 0 fully saturated rings. The number of carbonyl (C=O) groups is 1. The van der Waals surface area contributed by atoms with Gasteiger partial charge >= 0.3 is 6.03 Å². The lowest BCUT2D eigenvalue weighted by molar-refractivity contribution is 0.178. The summed E-state index contributed by atoms with van der Waals surface area (Å²) in [6, 6.07) is 2.99. The maximum absolute atomic E-state index is 12.0. The van der Waals surface area contributed by atoms with Gasteiger partial charge in [0.05, 0.1) is 29.5 Å². The number of nitrogens with zero attached hydrogens (tertiary/aromatic N) is 3. The van der Waals surface area contributed by atoms with Crippen molar-refractivity contribution in [1.29, 1.82) is 0 Å².